The quantitative estimate of drug-likeness (QED) is 0.392. The van der Waals surface area contributed by atoms with Gasteiger partial charge in [0.15, 0.2) is 5.75 Å². The number of hydrogen-bond acceptors (Lipinski definition) is 10. The highest BCUT2D eigenvalue weighted by atomic mass is 19.1. The molecule has 0 spiro atoms. The van der Waals surface area contributed by atoms with E-state index in [2.05, 4.69) is 35.1 Å². The molecular formula is C23H26FN9O2. The zero-order chi connectivity index (χ0) is 23.9. The number of H-pyrrole nitrogens is 1. The van der Waals surface area contributed by atoms with E-state index in [1.54, 1.807) is 19.4 Å². The monoisotopic (exact) mass is 479 g/mol. The Labute approximate surface area is 200 Å². The van der Waals surface area contributed by atoms with Crippen molar-refractivity contribution in [1.82, 2.24) is 24.9 Å². The third kappa shape index (κ3) is 4.04. The first-order chi connectivity index (χ1) is 17.1. The SMILES string of the molecule is CNc1cc(F)cc2c1[nH]c1nc(Oc3cnc(N4CCOCC4)nc3)nc(N3CC[C@H](N)C3)c12. The van der Waals surface area contributed by atoms with E-state index in [1.165, 1.54) is 12.1 Å². The minimum Gasteiger partial charge on any atom is -0.421 e. The third-order valence-electron chi connectivity index (χ3n) is 6.40. The molecule has 4 aromatic rings. The minimum atomic E-state index is -0.343. The highest BCUT2D eigenvalue weighted by molar-refractivity contribution is 6.14. The molecule has 182 valence electrons. The molecule has 2 aliphatic heterocycles. The van der Waals surface area contributed by atoms with E-state index in [0.717, 1.165) is 37.0 Å². The molecule has 12 heteroatoms. The molecule has 2 saturated heterocycles. The van der Waals surface area contributed by atoms with Crippen LogP contribution in [0.25, 0.3) is 21.9 Å². The highest BCUT2D eigenvalue weighted by Crippen LogP contribution is 2.38. The number of fused-ring (bicyclic) bond motifs is 3. The minimum absolute atomic E-state index is 0.0420. The van der Waals surface area contributed by atoms with Gasteiger partial charge in [-0.15, -0.1) is 0 Å². The van der Waals surface area contributed by atoms with E-state index in [4.69, 9.17) is 20.2 Å². The molecule has 0 aliphatic carbocycles. The average molecular weight is 480 g/mol. The van der Waals surface area contributed by atoms with E-state index in [9.17, 15) is 4.39 Å². The molecule has 11 nitrogen and oxygen atoms in total. The van der Waals surface area contributed by atoms with E-state index in [-0.39, 0.29) is 17.9 Å². The van der Waals surface area contributed by atoms with Crippen molar-refractivity contribution in [2.75, 3.05) is 61.6 Å². The average Bonchev–Trinajstić information content (AvgIpc) is 3.47. The Balaban J connectivity index is 1.40. The molecular weight excluding hydrogens is 453 g/mol. The molecule has 2 aliphatic rings. The van der Waals surface area contributed by atoms with Gasteiger partial charge in [-0.3, -0.25) is 0 Å². The van der Waals surface area contributed by atoms with Gasteiger partial charge in [-0.05, 0) is 18.6 Å². The van der Waals surface area contributed by atoms with E-state index < -0.39 is 0 Å². The molecule has 1 aromatic carbocycles. The lowest BCUT2D eigenvalue weighted by Crippen LogP contribution is -2.37. The molecule has 35 heavy (non-hydrogen) atoms. The van der Waals surface area contributed by atoms with Gasteiger partial charge < -0.3 is 35.3 Å². The van der Waals surface area contributed by atoms with Gasteiger partial charge in [-0.1, -0.05) is 0 Å². The number of morpholine rings is 1. The van der Waals surface area contributed by atoms with Gasteiger partial charge in [0.05, 0.1) is 42.2 Å². The number of nitrogens with zero attached hydrogens (tertiary/aromatic N) is 6. The topological polar surface area (TPSA) is 130 Å². The number of ether oxygens (including phenoxy) is 2. The van der Waals surface area contributed by atoms with Crippen LogP contribution in [0.2, 0.25) is 0 Å². The van der Waals surface area contributed by atoms with Crippen LogP contribution >= 0.6 is 0 Å². The molecule has 0 unspecified atom stereocenters. The van der Waals surface area contributed by atoms with Crippen LogP contribution in [0.5, 0.6) is 11.8 Å². The second-order valence-electron chi connectivity index (χ2n) is 8.72. The molecule has 0 bridgehead atoms. The van der Waals surface area contributed by atoms with Gasteiger partial charge in [-0.25, -0.2) is 14.4 Å². The van der Waals surface area contributed by atoms with Crippen LogP contribution in [0.1, 0.15) is 6.42 Å². The summed E-state index contributed by atoms with van der Waals surface area (Å²) >= 11 is 0. The number of aromatic amines is 1. The van der Waals surface area contributed by atoms with Crippen LogP contribution in [0, 0.1) is 5.82 Å². The maximum absolute atomic E-state index is 14.4. The molecule has 2 fully saturated rings. The van der Waals surface area contributed by atoms with E-state index in [1.807, 2.05) is 0 Å². The van der Waals surface area contributed by atoms with Gasteiger partial charge in [0.2, 0.25) is 5.95 Å². The Kier molecular flexibility index (Phi) is 5.46. The van der Waals surface area contributed by atoms with Crippen LogP contribution in [0.3, 0.4) is 0 Å². The lowest BCUT2D eigenvalue weighted by Gasteiger charge is -2.26. The summed E-state index contributed by atoms with van der Waals surface area (Å²) < 4.78 is 25.8. The number of benzene rings is 1. The van der Waals surface area contributed by atoms with E-state index >= 15 is 0 Å². The van der Waals surface area contributed by atoms with Gasteiger partial charge in [-0.2, -0.15) is 9.97 Å². The smallest absolute Gasteiger partial charge is 0.326 e. The normalized spacial score (nSPS) is 18.5. The van der Waals surface area contributed by atoms with Crippen molar-refractivity contribution in [3.8, 4) is 11.8 Å². The summed E-state index contributed by atoms with van der Waals surface area (Å²) in [7, 11) is 1.75. The fourth-order valence-electron chi connectivity index (χ4n) is 4.67. The second-order valence-corrected chi connectivity index (χ2v) is 8.72. The number of hydrogen-bond donors (Lipinski definition) is 3. The summed E-state index contributed by atoms with van der Waals surface area (Å²) in [4.78, 5) is 25.7. The van der Waals surface area contributed by atoms with Crippen molar-refractivity contribution in [2.24, 2.45) is 5.73 Å². The van der Waals surface area contributed by atoms with Gasteiger partial charge in [0, 0.05) is 44.7 Å². The van der Waals surface area contributed by atoms with Crippen LogP contribution in [0.15, 0.2) is 24.5 Å². The molecule has 1 atom stereocenters. The lowest BCUT2D eigenvalue weighted by molar-refractivity contribution is 0.122. The number of nitrogens with two attached hydrogens (primary N) is 1. The van der Waals surface area contributed by atoms with Gasteiger partial charge >= 0.3 is 6.01 Å². The molecule has 3 aromatic heterocycles. The summed E-state index contributed by atoms with van der Waals surface area (Å²) in [6.45, 7) is 4.19. The van der Waals surface area contributed by atoms with Crippen LogP contribution in [0.4, 0.5) is 21.8 Å². The second kappa shape index (κ2) is 8.78. The fraction of sp³-hybridized carbons (Fsp3) is 0.391. The fourth-order valence-corrected chi connectivity index (χ4v) is 4.67. The molecule has 0 radical (unpaired) electrons. The van der Waals surface area contributed by atoms with Crippen LogP contribution in [-0.4, -0.2) is 77.4 Å². The zero-order valence-electron chi connectivity index (χ0n) is 19.3. The predicted molar refractivity (Wildman–Crippen MR) is 131 cm³/mol. The molecule has 0 amide bonds. The number of rotatable bonds is 5. The Morgan fingerprint density at radius 1 is 1.14 bits per heavy atom. The maximum Gasteiger partial charge on any atom is 0.326 e. The van der Waals surface area contributed by atoms with Crippen molar-refractivity contribution in [2.45, 2.75) is 12.5 Å². The van der Waals surface area contributed by atoms with Gasteiger partial charge in [0.1, 0.15) is 17.3 Å². The number of halogens is 1. The maximum atomic E-state index is 14.4. The molecule has 6 rings (SSSR count). The first-order valence-corrected chi connectivity index (χ1v) is 11.6. The van der Waals surface area contributed by atoms with Crippen molar-refractivity contribution in [1.29, 1.82) is 0 Å². The Morgan fingerprint density at radius 3 is 2.66 bits per heavy atom. The first kappa shape index (κ1) is 21.7. The van der Waals surface area contributed by atoms with Crippen LogP contribution in [-0.2, 0) is 4.74 Å². The highest BCUT2D eigenvalue weighted by Gasteiger charge is 2.26. The van der Waals surface area contributed by atoms with Gasteiger partial charge in [0.25, 0.3) is 0 Å². The summed E-state index contributed by atoms with van der Waals surface area (Å²) in [6.07, 6.45) is 4.06. The van der Waals surface area contributed by atoms with Crippen molar-refractivity contribution < 1.29 is 13.9 Å². The summed E-state index contributed by atoms with van der Waals surface area (Å²) in [5.41, 5.74) is 8.11. The Hall–Kier alpha value is -3.77. The third-order valence-corrected chi connectivity index (χ3v) is 6.40. The molecule has 0 saturated carbocycles. The molecule has 5 heterocycles. The van der Waals surface area contributed by atoms with E-state index in [0.29, 0.717) is 54.0 Å². The first-order valence-electron chi connectivity index (χ1n) is 11.6. The predicted octanol–water partition coefficient (Wildman–Crippen LogP) is 2.25. The van der Waals surface area contributed by atoms with Crippen molar-refractivity contribution >= 4 is 39.4 Å². The largest absolute Gasteiger partial charge is 0.421 e. The molecule has 4 N–H and O–H groups in total. The van der Waals surface area contributed by atoms with Crippen molar-refractivity contribution in [3.05, 3.63) is 30.3 Å². The zero-order valence-corrected chi connectivity index (χ0v) is 19.3. The summed E-state index contributed by atoms with van der Waals surface area (Å²) in [5, 5.41) is 4.47. The Morgan fingerprint density at radius 2 is 1.94 bits per heavy atom. The Bertz CT molecular complexity index is 1370. The summed E-state index contributed by atoms with van der Waals surface area (Å²) in [5.74, 6) is 1.36. The standard InChI is InChI=1S/C23H26FN9O2/c1-26-17-9-13(24)8-16-18-20(29-19(16)17)30-23(31-21(18)33-3-2-14(25)12-33)35-15-10-27-22(28-11-15)32-4-6-34-7-5-32/h8-11,14,26H,2-7,12,25H2,1H3,(H,29,30,31)/t14-/m0/s1. The number of anilines is 3. The number of aromatic nitrogens is 5. The van der Waals surface area contributed by atoms with Crippen molar-refractivity contribution in [3.63, 3.8) is 0 Å². The lowest BCUT2D eigenvalue weighted by atomic mass is 10.1. The van der Waals surface area contributed by atoms with Crippen LogP contribution < -0.4 is 25.6 Å². The summed E-state index contributed by atoms with van der Waals surface area (Å²) in [6, 6.07) is 3.13. The number of nitrogens with one attached hydrogen (secondary N) is 2.